The number of carbonyl (C=O) groups is 1. The van der Waals surface area contributed by atoms with E-state index in [0.717, 1.165) is 60.6 Å². The molecule has 4 fully saturated rings. The molecular formula is C18H27N3O. The molecule has 0 aromatic rings. The van der Waals surface area contributed by atoms with Crippen LogP contribution in [0.2, 0.25) is 0 Å². The quantitative estimate of drug-likeness (QED) is 0.450. The van der Waals surface area contributed by atoms with E-state index in [-0.39, 0.29) is 17.0 Å². The van der Waals surface area contributed by atoms with Gasteiger partial charge >= 0.3 is 0 Å². The van der Waals surface area contributed by atoms with Gasteiger partial charge in [0, 0.05) is 22.2 Å². The summed E-state index contributed by atoms with van der Waals surface area (Å²) in [5, 5.41) is 6.70. The Kier molecular flexibility index (Phi) is 3.46. The number of nitrogens with one attached hydrogen (secondary N) is 2. The molecule has 4 rings (SSSR count). The van der Waals surface area contributed by atoms with Gasteiger partial charge in [0.25, 0.3) is 5.91 Å². The van der Waals surface area contributed by atoms with Crippen LogP contribution in [0.25, 0.3) is 0 Å². The number of aliphatic imine (C=N–C) groups is 1. The highest BCUT2D eigenvalue weighted by molar-refractivity contribution is 5.99. The van der Waals surface area contributed by atoms with Gasteiger partial charge in [-0.1, -0.05) is 5.57 Å². The molecular weight excluding hydrogens is 274 g/mol. The lowest BCUT2D eigenvalue weighted by Crippen LogP contribution is -2.68. The zero-order chi connectivity index (χ0) is 16.1. The van der Waals surface area contributed by atoms with Crippen molar-refractivity contribution in [1.29, 1.82) is 0 Å². The van der Waals surface area contributed by atoms with Crippen LogP contribution in [0.5, 0.6) is 0 Å². The minimum atomic E-state index is 0.0413. The first-order chi connectivity index (χ1) is 10.3. The smallest absolute Gasteiger partial charge is 0.252 e. The Morgan fingerprint density at radius 2 is 1.73 bits per heavy atom. The van der Waals surface area contributed by atoms with E-state index in [9.17, 15) is 4.79 Å². The van der Waals surface area contributed by atoms with Crippen molar-refractivity contribution < 1.29 is 4.79 Å². The second kappa shape index (κ2) is 4.97. The average molecular weight is 301 g/mol. The highest BCUT2D eigenvalue weighted by Gasteiger charge is 2.57. The largest absolute Gasteiger partial charge is 0.365 e. The Bertz CT molecular complexity index is 574. The molecule has 1 amide bonds. The molecule has 0 heterocycles. The van der Waals surface area contributed by atoms with E-state index in [0.29, 0.717) is 0 Å². The lowest BCUT2D eigenvalue weighted by molar-refractivity contribution is -0.128. The zero-order valence-electron chi connectivity index (χ0n) is 14.2. The molecule has 0 aromatic heterocycles. The van der Waals surface area contributed by atoms with Gasteiger partial charge in [0.2, 0.25) is 0 Å². The zero-order valence-corrected chi connectivity index (χ0v) is 14.2. The van der Waals surface area contributed by atoms with Crippen LogP contribution in [-0.4, -0.2) is 23.7 Å². The van der Waals surface area contributed by atoms with Gasteiger partial charge in [0.1, 0.15) is 5.82 Å². The average Bonchev–Trinajstić information content (AvgIpc) is 3.07. The molecule has 2 bridgehead atoms. The van der Waals surface area contributed by atoms with E-state index in [1.165, 1.54) is 0 Å². The molecule has 22 heavy (non-hydrogen) atoms. The number of hydrogen-bond acceptors (Lipinski definition) is 3. The Morgan fingerprint density at radius 1 is 1.14 bits per heavy atom. The second-order valence-electron chi connectivity index (χ2n) is 7.91. The first-order valence-corrected chi connectivity index (χ1v) is 8.24. The van der Waals surface area contributed by atoms with Crippen LogP contribution in [0.4, 0.5) is 0 Å². The lowest BCUT2D eigenvalue weighted by Gasteiger charge is -2.61. The molecule has 4 aliphatic rings. The van der Waals surface area contributed by atoms with Crippen molar-refractivity contribution in [3.63, 3.8) is 0 Å². The van der Waals surface area contributed by atoms with E-state index < -0.39 is 0 Å². The van der Waals surface area contributed by atoms with E-state index in [1.54, 1.807) is 0 Å². The van der Waals surface area contributed by atoms with Gasteiger partial charge < -0.3 is 10.6 Å². The van der Waals surface area contributed by atoms with Gasteiger partial charge in [-0.25, -0.2) is 4.99 Å². The van der Waals surface area contributed by atoms with Crippen molar-refractivity contribution in [3.8, 4) is 0 Å². The summed E-state index contributed by atoms with van der Waals surface area (Å²) in [7, 11) is 0. The molecule has 4 heteroatoms. The van der Waals surface area contributed by atoms with Crippen molar-refractivity contribution in [2.24, 2.45) is 10.9 Å². The molecule has 0 aromatic carbocycles. The fraction of sp³-hybridized carbons (Fsp3) is 0.667. The van der Waals surface area contributed by atoms with Crippen molar-refractivity contribution >= 4 is 12.6 Å². The monoisotopic (exact) mass is 301 g/mol. The van der Waals surface area contributed by atoms with E-state index in [4.69, 9.17) is 0 Å². The van der Waals surface area contributed by atoms with Crippen LogP contribution in [-0.2, 0) is 4.79 Å². The lowest BCUT2D eigenvalue weighted by atomic mass is 9.50. The maximum Gasteiger partial charge on any atom is 0.252 e. The normalized spacial score (nSPS) is 31.0. The summed E-state index contributed by atoms with van der Waals surface area (Å²) in [6.45, 7) is 11.8. The molecule has 4 aliphatic carbocycles. The number of carbonyl (C=O) groups excluding carboxylic acids is 1. The summed E-state index contributed by atoms with van der Waals surface area (Å²) in [5.41, 5.74) is 2.89. The second-order valence-corrected chi connectivity index (χ2v) is 7.91. The van der Waals surface area contributed by atoms with E-state index in [1.807, 2.05) is 20.8 Å². The van der Waals surface area contributed by atoms with Crippen LogP contribution in [0.3, 0.4) is 0 Å². The summed E-state index contributed by atoms with van der Waals surface area (Å²) in [6, 6.07) is 0. The summed E-state index contributed by atoms with van der Waals surface area (Å²) in [6.07, 6.45) is 5.74. The molecule has 4 saturated carbocycles. The van der Waals surface area contributed by atoms with Crippen LogP contribution >= 0.6 is 0 Å². The standard InChI is InChI=1S/C18H27N3O/c1-11(2)14(16(22)21-18-8-13(9-18)10-18)12(3)15(19-5)20-17(4)6-7-17/h13,20H,5-10H2,1-4H3,(H,21,22)/b15-12-. The maximum absolute atomic E-state index is 12.8. The molecule has 0 spiro atoms. The van der Waals surface area contributed by atoms with Gasteiger partial charge in [0.05, 0.1) is 0 Å². The van der Waals surface area contributed by atoms with Crippen molar-refractivity contribution in [2.75, 3.05) is 0 Å². The number of nitrogens with zero attached hydrogens (tertiary/aromatic N) is 1. The number of amides is 1. The van der Waals surface area contributed by atoms with Crippen molar-refractivity contribution in [1.82, 2.24) is 10.6 Å². The van der Waals surface area contributed by atoms with Crippen molar-refractivity contribution in [3.05, 3.63) is 22.5 Å². The molecule has 2 N–H and O–H groups in total. The van der Waals surface area contributed by atoms with Gasteiger partial charge in [0.15, 0.2) is 0 Å². The summed E-state index contributed by atoms with van der Waals surface area (Å²) >= 11 is 0. The summed E-state index contributed by atoms with van der Waals surface area (Å²) in [4.78, 5) is 16.9. The fourth-order valence-corrected chi connectivity index (χ4v) is 3.68. The van der Waals surface area contributed by atoms with Crippen LogP contribution < -0.4 is 10.6 Å². The van der Waals surface area contributed by atoms with Crippen LogP contribution in [0.15, 0.2) is 27.5 Å². The summed E-state index contributed by atoms with van der Waals surface area (Å²) < 4.78 is 0. The first kappa shape index (κ1) is 15.3. The minimum absolute atomic E-state index is 0.0413. The van der Waals surface area contributed by atoms with Gasteiger partial charge in [-0.05, 0) is 72.4 Å². The Labute approximate surface area is 133 Å². The molecule has 120 valence electrons. The number of allylic oxidation sites excluding steroid dienone is 1. The van der Waals surface area contributed by atoms with E-state index in [2.05, 4.69) is 29.3 Å². The van der Waals surface area contributed by atoms with Crippen LogP contribution in [0, 0.1) is 5.92 Å². The van der Waals surface area contributed by atoms with Gasteiger partial charge in [-0.3, -0.25) is 4.79 Å². The maximum atomic E-state index is 12.8. The highest BCUT2D eigenvalue weighted by atomic mass is 16.2. The van der Waals surface area contributed by atoms with Crippen molar-refractivity contribution in [2.45, 2.75) is 70.9 Å². The molecule has 0 unspecified atom stereocenters. The highest BCUT2D eigenvalue weighted by Crippen LogP contribution is 2.57. The Morgan fingerprint density at radius 3 is 2.09 bits per heavy atom. The topological polar surface area (TPSA) is 53.5 Å². The third-order valence-corrected chi connectivity index (χ3v) is 5.45. The summed E-state index contributed by atoms with van der Waals surface area (Å²) in [5.74, 6) is 1.64. The van der Waals surface area contributed by atoms with Gasteiger partial charge in [-0.15, -0.1) is 0 Å². The SMILES string of the molecule is C=N/C(NC1(C)CC1)=C(\C)C(C(=O)NC12CC(C1)C2)=C(C)C. The Balaban J connectivity index is 1.81. The van der Waals surface area contributed by atoms with E-state index >= 15 is 0 Å². The number of rotatable bonds is 6. The molecule has 0 atom stereocenters. The molecule has 4 nitrogen and oxygen atoms in total. The minimum Gasteiger partial charge on any atom is -0.365 e. The predicted octanol–water partition coefficient (Wildman–Crippen LogP) is 3.07. The third-order valence-electron chi connectivity index (χ3n) is 5.45. The third kappa shape index (κ3) is 2.59. The molecule has 0 radical (unpaired) electrons. The number of hydrogen-bond donors (Lipinski definition) is 2. The van der Waals surface area contributed by atoms with Crippen LogP contribution in [0.1, 0.15) is 59.8 Å². The van der Waals surface area contributed by atoms with Gasteiger partial charge in [-0.2, -0.15) is 0 Å². The molecule has 0 aliphatic heterocycles. The first-order valence-electron chi connectivity index (χ1n) is 8.24. The Hall–Kier alpha value is -1.58. The molecule has 0 saturated heterocycles. The predicted molar refractivity (Wildman–Crippen MR) is 89.6 cm³/mol. The fourth-order valence-electron chi connectivity index (χ4n) is 3.68.